The third-order valence-electron chi connectivity index (χ3n) is 2.71. The van der Waals surface area contributed by atoms with Gasteiger partial charge in [0, 0.05) is 6.54 Å². The number of aryl methyl sites for hydroxylation is 2. The van der Waals surface area contributed by atoms with Gasteiger partial charge >= 0.3 is 0 Å². The van der Waals surface area contributed by atoms with Crippen LogP contribution in [0, 0.1) is 19.7 Å². The van der Waals surface area contributed by atoms with Crippen LogP contribution in [0.4, 0.5) is 4.39 Å². The third kappa shape index (κ3) is 2.56. The van der Waals surface area contributed by atoms with Crippen LogP contribution in [0.15, 0.2) is 18.2 Å². The number of nitrogens with one attached hydrogen (secondary N) is 1. The molecule has 0 atom stereocenters. The van der Waals surface area contributed by atoms with Gasteiger partial charge in [0.05, 0.1) is 5.69 Å². The van der Waals surface area contributed by atoms with Gasteiger partial charge in [0.1, 0.15) is 17.5 Å². The highest BCUT2D eigenvalue weighted by Crippen LogP contribution is 2.17. The minimum Gasteiger partial charge on any atom is -0.313 e. The van der Waals surface area contributed by atoms with Crippen LogP contribution in [-0.2, 0) is 6.54 Å². The minimum atomic E-state index is -0.235. The molecule has 2 aromatic rings. The van der Waals surface area contributed by atoms with E-state index in [2.05, 4.69) is 15.4 Å². The maximum atomic E-state index is 13.3. The van der Waals surface area contributed by atoms with E-state index >= 15 is 0 Å². The highest BCUT2D eigenvalue weighted by Gasteiger charge is 2.10. The lowest BCUT2D eigenvalue weighted by Gasteiger charge is -2.11. The summed E-state index contributed by atoms with van der Waals surface area (Å²) in [5.41, 5.74) is 1.75. The van der Waals surface area contributed by atoms with Gasteiger partial charge in [-0.15, -0.1) is 0 Å². The van der Waals surface area contributed by atoms with Gasteiger partial charge in [0.25, 0.3) is 0 Å². The number of aromatic nitrogens is 3. The quantitative estimate of drug-likeness (QED) is 0.901. The first-order valence-corrected chi connectivity index (χ1v) is 6.01. The fourth-order valence-corrected chi connectivity index (χ4v) is 1.91. The molecule has 0 unspecified atom stereocenters. The van der Waals surface area contributed by atoms with Gasteiger partial charge in [-0.05, 0) is 44.2 Å². The van der Waals surface area contributed by atoms with Gasteiger partial charge in [-0.2, -0.15) is 5.10 Å². The zero-order valence-electron chi connectivity index (χ0n) is 10.9. The molecule has 0 aliphatic heterocycles. The molecule has 1 aromatic carbocycles. The van der Waals surface area contributed by atoms with Crippen molar-refractivity contribution >= 4 is 0 Å². The second-order valence-corrected chi connectivity index (χ2v) is 4.17. The lowest BCUT2D eigenvalue weighted by atomic mass is 10.1. The molecule has 0 spiro atoms. The first-order valence-electron chi connectivity index (χ1n) is 6.01. The number of benzene rings is 1. The van der Waals surface area contributed by atoms with Crippen molar-refractivity contribution in [3.8, 4) is 5.69 Å². The van der Waals surface area contributed by atoms with Crippen molar-refractivity contribution in [3.63, 3.8) is 0 Å². The van der Waals surface area contributed by atoms with Crippen LogP contribution in [0.5, 0.6) is 0 Å². The van der Waals surface area contributed by atoms with E-state index in [4.69, 9.17) is 0 Å². The molecule has 0 bridgehead atoms. The second kappa shape index (κ2) is 5.27. The molecule has 2 rings (SSSR count). The smallest absolute Gasteiger partial charge is 0.148 e. The molecule has 1 N–H and O–H groups in total. The van der Waals surface area contributed by atoms with Gasteiger partial charge in [0.2, 0.25) is 0 Å². The van der Waals surface area contributed by atoms with Crippen molar-refractivity contribution in [1.82, 2.24) is 20.1 Å². The van der Waals surface area contributed by atoms with Crippen LogP contribution in [0.1, 0.15) is 24.1 Å². The molecule has 0 aliphatic rings. The maximum Gasteiger partial charge on any atom is 0.148 e. The number of hydrogen-bond acceptors (Lipinski definition) is 3. The van der Waals surface area contributed by atoms with Crippen molar-refractivity contribution in [3.05, 3.63) is 41.2 Å². The summed E-state index contributed by atoms with van der Waals surface area (Å²) in [5.74, 6) is 1.28. The molecular formula is C13H17FN4. The van der Waals surface area contributed by atoms with Crippen molar-refractivity contribution in [2.45, 2.75) is 27.3 Å². The molecule has 0 saturated carbocycles. The van der Waals surface area contributed by atoms with Gasteiger partial charge < -0.3 is 5.32 Å². The van der Waals surface area contributed by atoms with Crippen LogP contribution >= 0.6 is 0 Å². The van der Waals surface area contributed by atoms with E-state index in [9.17, 15) is 4.39 Å². The fraction of sp³-hybridized carbons (Fsp3) is 0.385. The van der Waals surface area contributed by atoms with E-state index in [1.54, 1.807) is 10.7 Å². The van der Waals surface area contributed by atoms with Gasteiger partial charge in [0.15, 0.2) is 0 Å². The molecule has 0 fully saturated rings. The molecule has 1 heterocycles. The van der Waals surface area contributed by atoms with E-state index in [1.807, 2.05) is 20.8 Å². The Hall–Kier alpha value is -1.75. The number of rotatable bonds is 4. The first kappa shape index (κ1) is 12.7. The molecule has 1 aromatic heterocycles. The summed E-state index contributed by atoms with van der Waals surface area (Å²) in [4.78, 5) is 4.27. The average molecular weight is 248 g/mol. The SMILES string of the molecule is CCNCc1cc(F)ccc1-n1nc(C)nc1C. The molecule has 5 heteroatoms. The van der Waals surface area contributed by atoms with Crippen molar-refractivity contribution in [2.75, 3.05) is 6.54 Å². The Morgan fingerprint density at radius 1 is 1.33 bits per heavy atom. The number of hydrogen-bond donors (Lipinski definition) is 1. The summed E-state index contributed by atoms with van der Waals surface area (Å²) < 4.78 is 15.1. The van der Waals surface area contributed by atoms with E-state index < -0.39 is 0 Å². The average Bonchev–Trinajstić information content (AvgIpc) is 2.66. The molecule has 4 nitrogen and oxygen atoms in total. The molecule has 0 aliphatic carbocycles. The van der Waals surface area contributed by atoms with E-state index in [1.165, 1.54) is 12.1 Å². The first-order chi connectivity index (χ1) is 8.61. The Morgan fingerprint density at radius 3 is 2.72 bits per heavy atom. The largest absolute Gasteiger partial charge is 0.313 e. The molecule has 0 amide bonds. The Balaban J connectivity index is 2.46. The topological polar surface area (TPSA) is 42.7 Å². The predicted molar refractivity (Wildman–Crippen MR) is 68.2 cm³/mol. The molecule has 0 saturated heterocycles. The molecule has 0 radical (unpaired) electrons. The van der Waals surface area contributed by atoms with Crippen LogP contribution in [0.3, 0.4) is 0 Å². The zero-order chi connectivity index (χ0) is 13.1. The minimum absolute atomic E-state index is 0.235. The third-order valence-corrected chi connectivity index (χ3v) is 2.71. The Kier molecular flexibility index (Phi) is 3.72. The standard InChI is InChI=1S/C13H17FN4/c1-4-15-8-11-7-12(14)5-6-13(11)18-10(3)16-9(2)17-18/h5-7,15H,4,8H2,1-3H3. The molecule has 96 valence electrons. The van der Waals surface area contributed by atoms with Crippen molar-refractivity contribution < 1.29 is 4.39 Å². The van der Waals surface area contributed by atoms with E-state index in [0.29, 0.717) is 12.4 Å². The lowest BCUT2D eigenvalue weighted by molar-refractivity contribution is 0.619. The summed E-state index contributed by atoms with van der Waals surface area (Å²) >= 11 is 0. The van der Waals surface area contributed by atoms with Crippen LogP contribution in [0.25, 0.3) is 5.69 Å². The van der Waals surface area contributed by atoms with Crippen LogP contribution < -0.4 is 5.32 Å². The van der Waals surface area contributed by atoms with E-state index in [-0.39, 0.29) is 5.82 Å². The van der Waals surface area contributed by atoms with Crippen LogP contribution in [0.2, 0.25) is 0 Å². The summed E-state index contributed by atoms with van der Waals surface area (Å²) in [6, 6.07) is 4.72. The normalized spacial score (nSPS) is 10.9. The van der Waals surface area contributed by atoms with Crippen LogP contribution in [-0.4, -0.2) is 21.3 Å². The Bertz CT molecular complexity index is 548. The van der Waals surface area contributed by atoms with Crippen molar-refractivity contribution in [1.29, 1.82) is 0 Å². The highest BCUT2D eigenvalue weighted by atomic mass is 19.1. The zero-order valence-corrected chi connectivity index (χ0v) is 10.9. The molecule has 18 heavy (non-hydrogen) atoms. The maximum absolute atomic E-state index is 13.3. The monoisotopic (exact) mass is 248 g/mol. The lowest BCUT2D eigenvalue weighted by Crippen LogP contribution is -2.15. The Morgan fingerprint density at radius 2 is 2.11 bits per heavy atom. The highest BCUT2D eigenvalue weighted by molar-refractivity contribution is 5.41. The number of halogens is 1. The summed E-state index contributed by atoms with van der Waals surface area (Å²) in [6.45, 7) is 7.20. The molecular weight excluding hydrogens is 231 g/mol. The Labute approximate surface area is 106 Å². The summed E-state index contributed by atoms with van der Waals surface area (Å²) in [5, 5.41) is 7.53. The van der Waals surface area contributed by atoms with Gasteiger partial charge in [-0.3, -0.25) is 0 Å². The van der Waals surface area contributed by atoms with E-state index in [0.717, 1.165) is 23.6 Å². The second-order valence-electron chi connectivity index (χ2n) is 4.17. The summed E-state index contributed by atoms with van der Waals surface area (Å²) in [6.07, 6.45) is 0. The summed E-state index contributed by atoms with van der Waals surface area (Å²) in [7, 11) is 0. The fourth-order valence-electron chi connectivity index (χ4n) is 1.91. The van der Waals surface area contributed by atoms with Crippen molar-refractivity contribution in [2.24, 2.45) is 0 Å². The number of nitrogens with zero attached hydrogens (tertiary/aromatic N) is 3. The van der Waals surface area contributed by atoms with Gasteiger partial charge in [-0.25, -0.2) is 14.1 Å². The van der Waals surface area contributed by atoms with Gasteiger partial charge in [-0.1, -0.05) is 6.92 Å². The predicted octanol–water partition coefficient (Wildman–Crippen LogP) is 2.13.